The monoisotopic (exact) mass is 469 g/mol. The number of sulfonamides is 1. The van der Waals surface area contributed by atoms with Crippen LogP contribution in [-0.2, 0) is 10.0 Å². The van der Waals surface area contributed by atoms with Gasteiger partial charge in [-0.15, -0.1) is 0 Å². The van der Waals surface area contributed by atoms with Crippen molar-refractivity contribution >= 4 is 39.0 Å². The summed E-state index contributed by atoms with van der Waals surface area (Å²) < 4.78 is 33.8. The van der Waals surface area contributed by atoms with E-state index in [9.17, 15) is 18.5 Å². The molecule has 0 spiro atoms. The highest BCUT2D eigenvalue weighted by atomic mass is 32.2. The molecule has 0 atom stereocenters. The molecular formula is C22H23N5O5S. The number of ether oxygens (including phenoxy) is 1. The molecule has 0 aromatic heterocycles. The van der Waals surface area contributed by atoms with Gasteiger partial charge in [-0.05, 0) is 35.9 Å². The van der Waals surface area contributed by atoms with E-state index < -0.39 is 14.9 Å². The van der Waals surface area contributed by atoms with Gasteiger partial charge < -0.3 is 9.64 Å². The van der Waals surface area contributed by atoms with Crippen LogP contribution in [-0.4, -0.2) is 40.8 Å². The first-order valence-electron chi connectivity index (χ1n) is 9.72. The lowest BCUT2D eigenvalue weighted by molar-refractivity contribution is -0.385. The Bertz CT molecular complexity index is 1270. The zero-order valence-electron chi connectivity index (χ0n) is 18.2. The molecule has 172 valence electrons. The zero-order valence-corrected chi connectivity index (χ0v) is 19.0. The van der Waals surface area contributed by atoms with E-state index in [0.29, 0.717) is 5.75 Å². The van der Waals surface area contributed by atoms with Crippen LogP contribution in [0.25, 0.3) is 0 Å². The van der Waals surface area contributed by atoms with Crippen LogP contribution in [0.15, 0.2) is 76.7 Å². The van der Waals surface area contributed by atoms with E-state index >= 15 is 0 Å². The lowest BCUT2D eigenvalue weighted by Gasteiger charge is -2.14. The number of methoxy groups -OCH3 is 1. The van der Waals surface area contributed by atoms with E-state index in [0.717, 1.165) is 17.3 Å². The van der Waals surface area contributed by atoms with E-state index in [4.69, 9.17) is 4.74 Å². The van der Waals surface area contributed by atoms with Gasteiger partial charge in [-0.25, -0.2) is 8.42 Å². The van der Waals surface area contributed by atoms with Gasteiger partial charge in [-0.3, -0.25) is 20.3 Å². The average molecular weight is 470 g/mol. The van der Waals surface area contributed by atoms with Gasteiger partial charge in [-0.2, -0.15) is 5.10 Å². The first-order chi connectivity index (χ1) is 15.7. The third kappa shape index (κ3) is 5.77. The van der Waals surface area contributed by atoms with E-state index in [1.165, 1.54) is 31.5 Å². The Morgan fingerprint density at radius 2 is 1.73 bits per heavy atom. The molecule has 0 fully saturated rings. The second-order valence-corrected chi connectivity index (χ2v) is 8.75. The summed E-state index contributed by atoms with van der Waals surface area (Å²) in [5.74, 6) is 0.306. The van der Waals surface area contributed by atoms with E-state index in [1.807, 2.05) is 43.3 Å². The third-order valence-corrected chi connectivity index (χ3v) is 6.03. The fourth-order valence-electron chi connectivity index (χ4n) is 2.90. The molecule has 3 rings (SSSR count). The van der Waals surface area contributed by atoms with Crippen molar-refractivity contribution in [2.24, 2.45) is 5.10 Å². The van der Waals surface area contributed by atoms with Crippen molar-refractivity contribution < 1.29 is 18.1 Å². The van der Waals surface area contributed by atoms with Crippen LogP contribution in [0.3, 0.4) is 0 Å². The van der Waals surface area contributed by atoms with Crippen LogP contribution in [0, 0.1) is 10.1 Å². The maximum absolute atomic E-state index is 13.1. The van der Waals surface area contributed by atoms with Crippen LogP contribution in [0.5, 0.6) is 5.75 Å². The van der Waals surface area contributed by atoms with Gasteiger partial charge in [0, 0.05) is 31.9 Å². The fourth-order valence-corrected chi connectivity index (χ4v) is 4.15. The summed E-state index contributed by atoms with van der Waals surface area (Å²) in [6, 6.07) is 17.5. The average Bonchev–Trinajstić information content (AvgIpc) is 2.79. The topological polar surface area (TPSA) is 126 Å². The molecule has 0 amide bonds. The molecule has 0 bridgehead atoms. The number of nitro groups is 1. The van der Waals surface area contributed by atoms with Gasteiger partial charge in [-0.1, -0.05) is 24.3 Å². The highest BCUT2D eigenvalue weighted by molar-refractivity contribution is 7.93. The highest BCUT2D eigenvalue weighted by Crippen LogP contribution is 2.31. The Balaban J connectivity index is 1.91. The molecule has 0 radical (unpaired) electrons. The van der Waals surface area contributed by atoms with Gasteiger partial charge in [0.1, 0.15) is 10.6 Å². The number of nitrogens with zero attached hydrogens (tertiary/aromatic N) is 3. The van der Waals surface area contributed by atoms with E-state index in [1.54, 1.807) is 18.2 Å². The van der Waals surface area contributed by atoms with Gasteiger partial charge in [0.2, 0.25) is 0 Å². The molecule has 0 aliphatic heterocycles. The Morgan fingerprint density at radius 1 is 1.03 bits per heavy atom. The fraction of sp³-hybridized carbons (Fsp3) is 0.136. The van der Waals surface area contributed by atoms with Crippen LogP contribution in [0.2, 0.25) is 0 Å². The SMILES string of the molecule is COc1ccccc1NS(=O)(=O)c1cc([N+](=O)[O-])ccc1NN=Cc1ccc(N(C)C)cc1. The van der Waals surface area contributed by atoms with Crippen molar-refractivity contribution in [1.29, 1.82) is 0 Å². The second kappa shape index (κ2) is 10.0. The summed E-state index contributed by atoms with van der Waals surface area (Å²) in [5.41, 5.74) is 4.37. The van der Waals surface area contributed by atoms with Crippen molar-refractivity contribution in [3.8, 4) is 5.75 Å². The summed E-state index contributed by atoms with van der Waals surface area (Å²) in [7, 11) is 1.05. The summed E-state index contributed by atoms with van der Waals surface area (Å²) >= 11 is 0. The number of para-hydroxylation sites is 2. The molecule has 2 N–H and O–H groups in total. The highest BCUT2D eigenvalue weighted by Gasteiger charge is 2.23. The number of benzene rings is 3. The number of non-ortho nitro benzene ring substituents is 1. The first-order valence-corrected chi connectivity index (χ1v) is 11.2. The predicted molar refractivity (Wildman–Crippen MR) is 129 cm³/mol. The summed E-state index contributed by atoms with van der Waals surface area (Å²) in [6.07, 6.45) is 1.52. The molecule has 3 aromatic carbocycles. The molecule has 3 aromatic rings. The first kappa shape index (κ1) is 23.5. The van der Waals surface area contributed by atoms with Crippen molar-refractivity contribution in [2.45, 2.75) is 4.90 Å². The quantitative estimate of drug-likeness (QED) is 0.276. The van der Waals surface area contributed by atoms with E-state index in [-0.39, 0.29) is 22.0 Å². The smallest absolute Gasteiger partial charge is 0.270 e. The van der Waals surface area contributed by atoms with Gasteiger partial charge in [0.05, 0.1) is 29.6 Å². The third-order valence-electron chi connectivity index (χ3n) is 4.62. The molecule has 0 saturated heterocycles. The van der Waals surface area contributed by atoms with Gasteiger partial charge in [0.15, 0.2) is 0 Å². The Labute approximate surface area is 191 Å². The van der Waals surface area contributed by atoms with Crippen molar-refractivity contribution in [3.63, 3.8) is 0 Å². The second-order valence-electron chi connectivity index (χ2n) is 7.10. The standard InChI is InChI=1S/C22H23N5O5S/c1-26(2)17-10-8-16(9-11-17)15-23-24-20-13-12-18(27(28)29)14-22(20)33(30,31)25-19-6-4-5-7-21(19)32-3/h4-15,24-25H,1-3H3. The zero-order chi connectivity index (χ0) is 24.0. The number of hydrazone groups is 1. The van der Waals surface area contributed by atoms with Crippen molar-refractivity contribution in [2.75, 3.05) is 36.3 Å². The summed E-state index contributed by atoms with van der Waals surface area (Å²) in [4.78, 5) is 12.2. The molecule has 10 nitrogen and oxygen atoms in total. The molecule has 0 unspecified atom stereocenters. The van der Waals surface area contributed by atoms with E-state index in [2.05, 4.69) is 15.2 Å². The Morgan fingerprint density at radius 3 is 2.36 bits per heavy atom. The molecule has 11 heteroatoms. The molecule has 0 saturated carbocycles. The maximum Gasteiger partial charge on any atom is 0.270 e. The molecular weight excluding hydrogens is 446 g/mol. The maximum atomic E-state index is 13.1. The van der Waals surface area contributed by atoms with Crippen LogP contribution >= 0.6 is 0 Å². The predicted octanol–water partition coefficient (Wildman–Crippen LogP) is 3.92. The minimum atomic E-state index is -4.22. The lowest BCUT2D eigenvalue weighted by Crippen LogP contribution is -2.15. The Hall–Kier alpha value is -4.12. The largest absolute Gasteiger partial charge is 0.495 e. The number of nitrogens with one attached hydrogen (secondary N) is 2. The van der Waals surface area contributed by atoms with Crippen LogP contribution < -0.4 is 19.8 Å². The number of anilines is 3. The van der Waals surface area contributed by atoms with Gasteiger partial charge >= 0.3 is 0 Å². The normalized spacial score (nSPS) is 11.2. The molecule has 0 aliphatic carbocycles. The Kier molecular flexibility index (Phi) is 7.13. The minimum Gasteiger partial charge on any atom is -0.495 e. The van der Waals surface area contributed by atoms with Crippen molar-refractivity contribution in [3.05, 3.63) is 82.4 Å². The minimum absolute atomic E-state index is 0.0733. The summed E-state index contributed by atoms with van der Waals surface area (Å²) in [5, 5.41) is 15.3. The molecule has 0 heterocycles. The number of hydrogen-bond donors (Lipinski definition) is 2. The van der Waals surface area contributed by atoms with Gasteiger partial charge in [0.25, 0.3) is 15.7 Å². The van der Waals surface area contributed by atoms with Crippen LogP contribution in [0.4, 0.5) is 22.7 Å². The lowest BCUT2D eigenvalue weighted by atomic mass is 10.2. The molecule has 0 aliphatic rings. The number of rotatable bonds is 9. The number of hydrogen-bond acceptors (Lipinski definition) is 8. The van der Waals surface area contributed by atoms with Crippen LogP contribution in [0.1, 0.15) is 5.56 Å². The summed E-state index contributed by atoms with van der Waals surface area (Å²) in [6.45, 7) is 0. The number of nitro benzene ring substituents is 1. The molecule has 33 heavy (non-hydrogen) atoms. The van der Waals surface area contributed by atoms with Crippen molar-refractivity contribution in [1.82, 2.24) is 0 Å².